The van der Waals surface area contributed by atoms with E-state index in [4.69, 9.17) is 23.2 Å². The van der Waals surface area contributed by atoms with E-state index in [1.165, 1.54) is 7.11 Å². The highest BCUT2D eigenvalue weighted by Gasteiger charge is 2.06. The molecule has 0 aliphatic carbocycles. The average Bonchev–Trinajstić information content (AvgIpc) is 2.46. The molecular weight excluding hydrogens is 303 g/mol. The van der Waals surface area contributed by atoms with Gasteiger partial charge in [0.25, 0.3) is 0 Å². The lowest BCUT2D eigenvalue weighted by Gasteiger charge is -2.08. The molecule has 0 saturated carbocycles. The summed E-state index contributed by atoms with van der Waals surface area (Å²) in [6.07, 6.45) is -0.613. The second-order valence-electron chi connectivity index (χ2n) is 3.65. The minimum absolute atomic E-state index is 0.277. The molecule has 1 aromatic heterocycles. The van der Waals surface area contributed by atoms with Crippen molar-refractivity contribution >= 4 is 46.6 Å². The number of carbonyl (C=O) groups excluding carboxylic acids is 1. The van der Waals surface area contributed by atoms with Gasteiger partial charge in [-0.15, -0.1) is 10.2 Å². The molecule has 0 aliphatic heterocycles. The first kappa shape index (κ1) is 14.4. The number of nitrogens with one attached hydrogen (secondary N) is 2. The van der Waals surface area contributed by atoms with Gasteiger partial charge in [0.05, 0.1) is 22.8 Å². The molecular formula is C12H10Cl2N4O2. The fourth-order valence-corrected chi connectivity index (χ4v) is 1.71. The van der Waals surface area contributed by atoms with E-state index in [0.717, 1.165) is 0 Å². The van der Waals surface area contributed by atoms with Crippen LogP contribution in [0.25, 0.3) is 0 Å². The van der Waals surface area contributed by atoms with Crippen LogP contribution in [0.1, 0.15) is 0 Å². The van der Waals surface area contributed by atoms with E-state index >= 15 is 0 Å². The van der Waals surface area contributed by atoms with E-state index in [1.807, 2.05) is 0 Å². The van der Waals surface area contributed by atoms with Crippen LogP contribution in [-0.2, 0) is 4.74 Å². The van der Waals surface area contributed by atoms with Crippen molar-refractivity contribution in [3.05, 3.63) is 40.4 Å². The van der Waals surface area contributed by atoms with Gasteiger partial charge in [-0.1, -0.05) is 29.3 Å². The number of rotatable bonds is 3. The van der Waals surface area contributed by atoms with Crippen molar-refractivity contribution in [2.24, 2.45) is 0 Å². The topological polar surface area (TPSA) is 76.1 Å². The van der Waals surface area contributed by atoms with Gasteiger partial charge >= 0.3 is 6.09 Å². The highest BCUT2D eigenvalue weighted by atomic mass is 35.5. The lowest BCUT2D eigenvalue weighted by atomic mass is 10.3. The van der Waals surface area contributed by atoms with Gasteiger partial charge in [-0.25, -0.2) is 4.79 Å². The summed E-state index contributed by atoms with van der Waals surface area (Å²) in [6.45, 7) is 0. The maximum absolute atomic E-state index is 11.0. The molecule has 2 N–H and O–H groups in total. The van der Waals surface area contributed by atoms with Crippen LogP contribution in [0.4, 0.5) is 22.1 Å². The summed E-state index contributed by atoms with van der Waals surface area (Å²) in [7, 11) is 1.26. The molecule has 1 heterocycles. The van der Waals surface area contributed by atoms with Crippen molar-refractivity contribution in [2.75, 3.05) is 17.7 Å². The number of methoxy groups -OCH3 is 1. The molecule has 0 unspecified atom stereocenters. The molecule has 20 heavy (non-hydrogen) atoms. The first-order valence-corrected chi connectivity index (χ1v) is 6.25. The maximum atomic E-state index is 11.0. The van der Waals surface area contributed by atoms with Crippen molar-refractivity contribution in [2.45, 2.75) is 0 Å². The minimum Gasteiger partial charge on any atom is -0.453 e. The second kappa shape index (κ2) is 6.40. The Bertz CT molecular complexity index is 619. The van der Waals surface area contributed by atoms with E-state index < -0.39 is 6.09 Å². The van der Waals surface area contributed by atoms with Gasteiger partial charge in [-0.2, -0.15) is 0 Å². The van der Waals surface area contributed by atoms with E-state index in [9.17, 15) is 4.79 Å². The van der Waals surface area contributed by atoms with Gasteiger partial charge < -0.3 is 10.1 Å². The number of benzene rings is 1. The standard InChI is InChI=1S/C12H10Cl2N4O2/c1-20-12(19)16-10-6-5-9(17-18-10)15-8-4-2-3-7(13)11(8)14/h2-6H,1H3,(H,15,17)(H,16,18,19). The number of carbonyl (C=O) groups is 1. The Morgan fingerprint density at radius 2 is 1.85 bits per heavy atom. The average molecular weight is 313 g/mol. The third-order valence-electron chi connectivity index (χ3n) is 2.29. The number of ether oxygens (including phenoxy) is 1. The number of halogens is 2. The van der Waals surface area contributed by atoms with Gasteiger partial charge in [0.2, 0.25) is 0 Å². The van der Waals surface area contributed by atoms with Gasteiger partial charge in [0, 0.05) is 0 Å². The minimum atomic E-state index is -0.613. The van der Waals surface area contributed by atoms with E-state index in [-0.39, 0.29) is 5.82 Å². The largest absolute Gasteiger partial charge is 0.453 e. The van der Waals surface area contributed by atoms with Crippen LogP contribution < -0.4 is 10.6 Å². The number of nitrogens with zero attached hydrogens (tertiary/aromatic N) is 2. The summed E-state index contributed by atoms with van der Waals surface area (Å²) >= 11 is 12.0. The molecule has 0 radical (unpaired) electrons. The fourth-order valence-electron chi connectivity index (χ4n) is 1.36. The highest BCUT2D eigenvalue weighted by Crippen LogP contribution is 2.31. The molecule has 0 aliphatic rings. The second-order valence-corrected chi connectivity index (χ2v) is 4.43. The molecule has 1 aromatic carbocycles. The molecule has 0 bridgehead atoms. The van der Waals surface area contributed by atoms with E-state index in [1.54, 1.807) is 30.3 Å². The van der Waals surface area contributed by atoms with Crippen LogP contribution in [0.15, 0.2) is 30.3 Å². The summed E-state index contributed by atoms with van der Waals surface area (Å²) in [5, 5.41) is 13.9. The quantitative estimate of drug-likeness (QED) is 0.903. The van der Waals surface area contributed by atoms with Gasteiger partial charge in [-0.3, -0.25) is 5.32 Å². The zero-order valence-corrected chi connectivity index (χ0v) is 11.9. The monoisotopic (exact) mass is 312 g/mol. The SMILES string of the molecule is COC(=O)Nc1ccc(Nc2cccc(Cl)c2Cl)nn1. The summed E-state index contributed by atoms with van der Waals surface area (Å²) in [4.78, 5) is 11.0. The molecule has 6 nitrogen and oxygen atoms in total. The Hall–Kier alpha value is -2.05. The van der Waals surface area contributed by atoms with Crippen molar-refractivity contribution < 1.29 is 9.53 Å². The summed E-state index contributed by atoms with van der Waals surface area (Å²) in [5.74, 6) is 0.740. The number of amides is 1. The fraction of sp³-hybridized carbons (Fsp3) is 0.0833. The third kappa shape index (κ3) is 3.49. The Morgan fingerprint density at radius 3 is 2.50 bits per heavy atom. The van der Waals surface area contributed by atoms with Crippen LogP contribution in [0.5, 0.6) is 0 Å². The summed E-state index contributed by atoms with van der Waals surface area (Å²) < 4.78 is 4.44. The van der Waals surface area contributed by atoms with Crippen molar-refractivity contribution in [3.63, 3.8) is 0 Å². The van der Waals surface area contributed by atoms with Gasteiger partial charge in [0.15, 0.2) is 11.6 Å². The molecule has 0 atom stereocenters. The Labute approximate surface area is 125 Å². The first-order chi connectivity index (χ1) is 9.60. The molecule has 2 aromatic rings. The van der Waals surface area contributed by atoms with Gasteiger partial charge in [-0.05, 0) is 24.3 Å². The smallest absolute Gasteiger partial charge is 0.412 e. The molecule has 8 heteroatoms. The predicted octanol–water partition coefficient (Wildman–Crippen LogP) is 3.71. The Kier molecular flexibility index (Phi) is 4.60. The number of aromatic nitrogens is 2. The number of hydrogen-bond donors (Lipinski definition) is 2. The zero-order valence-electron chi connectivity index (χ0n) is 10.4. The first-order valence-electron chi connectivity index (χ1n) is 5.50. The molecule has 1 amide bonds. The lowest BCUT2D eigenvalue weighted by molar-refractivity contribution is 0.187. The van der Waals surface area contributed by atoms with Crippen LogP contribution in [0.3, 0.4) is 0 Å². The van der Waals surface area contributed by atoms with E-state index in [2.05, 4.69) is 25.6 Å². The van der Waals surface area contributed by atoms with Crippen LogP contribution in [0, 0.1) is 0 Å². The zero-order chi connectivity index (χ0) is 14.5. The number of hydrogen-bond acceptors (Lipinski definition) is 5. The van der Waals surface area contributed by atoms with Gasteiger partial charge in [0.1, 0.15) is 0 Å². The van der Waals surface area contributed by atoms with E-state index in [0.29, 0.717) is 21.6 Å². The van der Waals surface area contributed by atoms with Crippen molar-refractivity contribution in [1.82, 2.24) is 10.2 Å². The molecule has 0 saturated heterocycles. The van der Waals surface area contributed by atoms with Crippen LogP contribution in [-0.4, -0.2) is 23.4 Å². The normalized spacial score (nSPS) is 9.95. The predicted molar refractivity (Wildman–Crippen MR) is 77.8 cm³/mol. The van der Waals surface area contributed by atoms with Crippen molar-refractivity contribution in [3.8, 4) is 0 Å². The summed E-state index contributed by atoms with van der Waals surface area (Å²) in [5.41, 5.74) is 0.613. The summed E-state index contributed by atoms with van der Waals surface area (Å²) in [6, 6.07) is 8.41. The highest BCUT2D eigenvalue weighted by molar-refractivity contribution is 6.43. The molecule has 104 valence electrons. The molecule has 0 spiro atoms. The lowest BCUT2D eigenvalue weighted by Crippen LogP contribution is -2.12. The van der Waals surface area contributed by atoms with Crippen molar-refractivity contribution in [1.29, 1.82) is 0 Å². The maximum Gasteiger partial charge on any atom is 0.412 e. The number of anilines is 3. The van der Waals surface area contributed by atoms with Crippen LogP contribution >= 0.6 is 23.2 Å². The Morgan fingerprint density at radius 1 is 1.15 bits per heavy atom. The molecule has 2 rings (SSSR count). The third-order valence-corrected chi connectivity index (χ3v) is 3.11. The molecule has 0 fully saturated rings. The Balaban J connectivity index is 2.11. The van der Waals surface area contributed by atoms with Crippen LogP contribution in [0.2, 0.25) is 10.0 Å².